The van der Waals surface area contributed by atoms with Gasteiger partial charge in [0.05, 0.1) is 5.56 Å². The number of amides is 1. The van der Waals surface area contributed by atoms with Crippen molar-refractivity contribution >= 4 is 17.4 Å². The number of carbonyl (C=O) groups excluding carboxylic acids is 1. The van der Waals surface area contributed by atoms with Crippen LogP contribution >= 0.6 is 0 Å². The number of anilines is 2. The Kier molecular flexibility index (Phi) is 3.98. The van der Waals surface area contributed by atoms with Gasteiger partial charge in [-0.15, -0.1) is 0 Å². The summed E-state index contributed by atoms with van der Waals surface area (Å²) in [6.45, 7) is 1.81. The molecule has 1 N–H and O–H groups in total. The first-order valence-corrected chi connectivity index (χ1v) is 6.19. The summed E-state index contributed by atoms with van der Waals surface area (Å²) in [7, 11) is 3.62. The maximum absolute atomic E-state index is 13.2. The Balaban J connectivity index is 2.31. The Morgan fingerprint density at radius 2 is 2.05 bits per heavy atom. The molecule has 0 fully saturated rings. The third-order valence-electron chi connectivity index (χ3n) is 2.90. The molecule has 0 aliphatic carbocycles. The lowest BCUT2D eigenvalue weighted by Gasteiger charge is -2.16. The summed E-state index contributed by atoms with van der Waals surface area (Å²) in [5.74, 6) is -0.125. The van der Waals surface area contributed by atoms with Crippen molar-refractivity contribution in [3.8, 4) is 0 Å². The highest BCUT2D eigenvalue weighted by Crippen LogP contribution is 2.20. The summed E-state index contributed by atoms with van der Waals surface area (Å²) in [5, 5.41) is 2.72. The van der Waals surface area contributed by atoms with Crippen molar-refractivity contribution < 1.29 is 9.18 Å². The molecule has 0 aliphatic heterocycles. The molecule has 1 heterocycles. The third kappa shape index (κ3) is 2.93. The predicted molar refractivity (Wildman–Crippen MR) is 77.7 cm³/mol. The summed E-state index contributed by atoms with van der Waals surface area (Å²) in [6, 6.07) is 7.67. The second-order valence-electron chi connectivity index (χ2n) is 4.68. The number of nitrogens with one attached hydrogen (secondary N) is 1. The Labute approximate surface area is 117 Å². The fourth-order valence-electron chi connectivity index (χ4n) is 1.85. The lowest BCUT2D eigenvalue weighted by Crippen LogP contribution is -2.20. The van der Waals surface area contributed by atoms with E-state index in [-0.39, 0.29) is 11.7 Å². The second kappa shape index (κ2) is 5.69. The number of benzene rings is 1. The molecule has 0 atom stereocenters. The highest BCUT2D eigenvalue weighted by atomic mass is 19.1. The highest BCUT2D eigenvalue weighted by molar-refractivity contribution is 6.07. The molecule has 0 radical (unpaired) electrons. The number of pyridine rings is 1. The zero-order valence-corrected chi connectivity index (χ0v) is 11.6. The van der Waals surface area contributed by atoms with Gasteiger partial charge in [-0.25, -0.2) is 9.37 Å². The first kappa shape index (κ1) is 14.0. The van der Waals surface area contributed by atoms with Gasteiger partial charge in [-0.05, 0) is 36.8 Å². The second-order valence-corrected chi connectivity index (χ2v) is 4.68. The Hall–Kier alpha value is -2.43. The van der Waals surface area contributed by atoms with Crippen LogP contribution in [-0.2, 0) is 0 Å². The zero-order valence-electron chi connectivity index (χ0n) is 11.6. The molecule has 2 aromatic rings. The molecule has 20 heavy (non-hydrogen) atoms. The van der Waals surface area contributed by atoms with Crippen molar-refractivity contribution in [2.75, 3.05) is 24.3 Å². The predicted octanol–water partition coefficient (Wildman–Crippen LogP) is 2.85. The van der Waals surface area contributed by atoms with Crippen LogP contribution in [0.15, 0.2) is 36.5 Å². The van der Waals surface area contributed by atoms with Crippen LogP contribution in [0.3, 0.4) is 0 Å². The molecule has 0 aliphatic rings. The minimum atomic E-state index is -0.384. The molecule has 2 rings (SSSR count). The van der Waals surface area contributed by atoms with Gasteiger partial charge in [0.15, 0.2) is 0 Å². The van der Waals surface area contributed by atoms with Crippen molar-refractivity contribution in [2.24, 2.45) is 0 Å². The zero-order chi connectivity index (χ0) is 14.7. The number of hydrogen-bond acceptors (Lipinski definition) is 3. The summed E-state index contributed by atoms with van der Waals surface area (Å²) in [6.07, 6.45) is 1.62. The van der Waals surface area contributed by atoms with E-state index in [0.717, 1.165) is 5.56 Å². The first-order chi connectivity index (χ1) is 9.49. The molecular formula is C15H16FN3O. The smallest absolute Gasteiger partial charge is 0.259 e. The summed E-state index contributed by atoms with van der Waals surface area (Å²) in [4.78, 5) is 18.2. The monoisotopic (exact) mass is 273 g/mol. The van der Waals surface area contributed by atoms with Crippen molar-refractivity contribution in [2.45, 2.75) is 6.92 Å². The van der Waals surface area contributed by atoms with E-state index >= 15 is 0 Å². The van der Waals surface area contributed by atoms with Crippen LogP contribution in [0.4, 0.5) is 15.9 Å². The van der Waals surface area contributed by atoms with Crippen LogP contribution in [0.25, 0.3) is 0 Å². The molecule has 0 unspecified atom stereocenters. The van der Waals surface area contributed by atoms with E-state index in [4.69, 9.17) is 0 Å². The minimum Gasteiger partial charge on any atom is -0.362 e. The number of halogens is 1. The number of hydrogen-bond donors (Lipinski definition) is 1. The molecule has 4 nitrogen and oxygen atoms in total. The van der Waals surface area contributed by atoms with Gasteiger partial charge in [-0.2, -0.15) is 0 Å². The van der Waals surface area contributed by atoms with Gasteiger partial charge in [0.1, 0.15) is 11.6 Å². The van der Waals surface area contributed by atoms with Crippen LogP contribution < -0.4 is 10.2 Å². The molecule has 1 aromatic carbocycles. The molecule has 1 amide bonds. The summed E-state index contributed by atoms with van der Waals surface area (Å²) >= 11 is 0. The van der Waals surface area contributed by atoms with Gasteiger partial charge in [-0.1, -0.05) is 6.07 Å². The lowest BCUT2D eigenvalue weighted by molar-refractivity contribution is 0.102. The molecule has 0 spiro atoms. The van der Waals surface area contributed by atoms with Crippen LogP contribution in [0.1, 0.15) is 15.9 Å². The summed E-state index contributed by atoms with van der Waals surface area (Å²) in [5.41, 5.74) is 1.71. The SMILES string of the molecule is Cc1ccc(F)cc1NC(=O)c1cccnc1N(C)C. The van der Waals surface area contributed by atoms with E-state index in [2.05, 4.69) is 10.3 Å². The molecule has 1 aromatic heterocycles. The van der Waals surface area contributed by atoms with Gasteiger partial charge in [0, 0.05) is 26.0 Å². The van der Waals surface area contributed by atoms with Crippen molar-refractivity contribution in [1.29, 1.82) is 0 Å². The van der Waals surface area contributed by atoms with Gasteiger partial charge < -0.3 is 10.2 Å². The van der Waals surface area contributed by atoms with Crippen molar-refractivity contribution in [1.82, 2.24) is 4.98 Å². The van der Waals surface area contributed by atoms with Gasteiger partial charge >= 0.3 is 0 Å². The maximum Gasteiger partial charge on any atom is 0.259 e. The quantitative estimate of drug-likeness (QED) is 0.935. The molecular weight excluding hydrogens is 257 g/mol. The van der Waals surface area contributed by atoms with Crippen LogP contribution in [-0.4, -0.2) is 25.0 Å². The Morgan fingerprint density at radius 1 is 1.30 bits per heavy atom. The normalized spacial score (nSPS) is 10.2. The van der Waals surface area contributed by atoms with E-state index < -0.39 is 0 Å². The number of aromatic nitrogens is 1. The van der Waals surface area contributed by atoms with E-state index in [1.165, 1.54) is 12.1 Å². The highest BCUT2D eigenvalue weighted by Gasteiger charge is 2.14. The van der Waals surface area contributed by atoms with Crippen molar-refractivity contribution in [3.05, 3.63) is 53.5 Å². The number of carbonyl (C=O) groups is 1. The third-order valence-corrected chi connectivity index (χ3v) is 2.90. The van der Waals surface area contributed by atoms with Crippen LogP contribution in [0, 0.1) is 12.7 Å². The number of nitrogens with zero attached hydrogens (tertiary/aromatic N) is 2. The standard InChI is InChI=1S/C15H16FN3O/c1-10-6-7-11(16)9-13(10)18-15(20)12-5-4-8-17-14(12)19(2)3/h4-9H,1-3H3,(H,18,20). The fourth-order valence-corrected chi connectivity index (χ4v) is 1.85. The summed E-state index contributed by atoms with van der Waals surface area (Å²) < 4.78 is 13.2. The molecule has 0 saturated carbocycles. The average molecular weight is 273 g/mol. The Bertz CT molecular complexity index is 641. The van der Waals surface area contributed by atoms with Crippen LogP contribution in [0.2, 0.25) is 0 Å². The first-order valence-electron chi connectivity index (χ1n) is 6.19. The maximum atomic E-state index is 13.2. The van der Waals surface area contributed by atoms with Gasteiger partial charge in [-0.3, -0.25) is 4.79 Å². The largest absolute Gasteiger partial charge is 0.362 e. The average Bonchev–Trinajstić information content (AvgIpc) is 2.42. The van der Waals surface area contributed by atoms with E-state index in [1.54, 1.807) is 29.3 Å². The van der Waals surface area contributed by atoms with Gasteiger partial charge in [0.2, 0.25) is 0 Å². The van der Waals surface area contributed by atoms with Gasteiger partial charge in [0.25, 0.3) is 5.91 Å². The van der Waals surface area contributed by atoms with E-state index in [0.29, 0.717) is 17.1 Å². The van der Waals surface area contributed by atoms with Crippen molar-refractivity contribution in [3.63, 3.8) is 0 Å². The number of rotatable bonds is 3. The minimum absolute atomic E-state index is 0.310. The molecule has 104 valence electrons. The number of aryl methyl sites for hydroxylation is 1. The van der Waals surface area contributed by atoms with E-state index in [1.807, 2.05) is 21.0 Å². The fraction of sp³-hybridized carbons (Fsp3) is 0.200. The molecule has 0 saturated heterocycles. The van der Waals surface area contributed by atoms with E-state index in [9.17, 15) is 9.18 Å². The Morgan fingerprint density at radius 3 is 2.75 bits per heavy atom. The molecule has 0 bridgehead atoms. The van der Waals surface area contributed by atoms with Crippen LogP contribution in [0.5, 0.6) is 0 Å². The topological polar surface area (TPSA) is 45.2 Å². The molecule has 5 heteroatoms. The lowest BCUT2D eigenvalue weighted by atomic mass is 10.1.